The third-order valence-corrected chi connectivity index (χ3v) is 5.58. The molecule has 5 nitrogen and oxygen atoms in total. The summed E-state index contributed by atoms with van der Waals surface area (Å²) in [5.74, 6) is -1.13. The van der Waals surface area contributed by atoms with Crippen LogP contribution >= 0.6 is 15.9 Å². The van der Waals surface area contributed by atoms with E-state index in [1.165, 1.54) is 0 Å². The van der Waals surface area contributed by atoms with Crippen LogP contribution in [0, 0.1) is 5.92 Å². The van der Waals surface area contributed by atoms with Gasteiger partial charge in [0.25, 0.3) is 0 Å². The summed E-state index contributed by atoms with van der Waals surface area (Å²) in [5.41, 5.74) is 0.499. The van der Waals surface area contributed by atoms with Gasteiger partial charge in [0.05, 0.1) is 5.92 Å². The van der Waals surface area contributed by atoms with E-state index in [0.717, 1.165) is 30.2 Å². The van der Waals surface area contributed by atoms with Crippen LogP contribution in [-0.2, 0) is 14.3 Å². The fraction of sp³-hybridized carbons (Fsp3) is 0.526. The molecule has 6 heteroatoms. The second-order valence-electron chi connectivity index (χ2n) is 6.84. The molecule has 25 heavy (non-hydrogen) atoms. The van der Waals surface area contributed by atoms with Crippen molar-refractivity contribution in [1.29, 1.82) is 0 Å². The van der Waals surface area contributed by atoms with Gasteiger partial charge in [-0.1, -0.05) is 40.9 Å². The number of ketones is 1. The van der Waals surface area contributed by atoms with Gasteiger partial charge in [0.2, 0.25) is 11.7 Å². The maximum Gasteiger partial charge on any atom is 0.311 e. The molecule has 1 aliphatic carbocycles. The lowest BCUT2D eigenvalue weighted by molar-refractivity contribution is -0.151. The van der Waals surface area contributed by atoms with Crippen LogP contribution in [0.1, 0.15) is 49.4 Å². The molecule has 1 aromatic carbocycles. The molecule has 134 valence electrons. The number of nitrogens with zero attached hydrogens (tertiary/aromatic N) is 1. The second-order valence-corrected chi connectivity index (χ2v) is 7.75. The van der Waals surface area contributed by atoms with Crippen LogP contribution in [-0.4, -0.2) is 41.3 Å². The van der Waals surface area contributed by atoms with E-state index in [-0.39, 0.29) is 24.2 Å². The second kappa shape index (κ2) is 7.68. The molecule has 1 saturated carbocycles. The molecule has 0 spiro atoms. The Bertz CT molecular complexity index is 667. The van der Waals surface area contributed by atoms with Crippen LogP contribution in [0.25, 0.3) is 0 Å². The molecule has 1 saturated heterocycles. The van der Waals surface area contributed by atoms with Crippen LogP contribution in [0.4, 0.5) is 0 Å². The Balaban J connectivity index is 1.57. The Morgan fingerprint density at radius 1 is 1.20 bits per heavy atom. The zero-order valence-electron chi connectivity index (χ0n) is 14.2. The van der Waals surface area contributed by atoms with Gasteiger partial charge in [-0.2, -0.15) is 0 Å². The number of likely N-dealkylation sites (tertiary alicyclic amines) is 1. The summed E-state index contributed by atoms with van der Waals surface area (Å²) in [6.45, 7) is 2.00. The van der Waals surface area contributed by atoms with Crippen LogP contribution in [0.5, 0.6) is 0 Å². The number of Topliss-reactive ketones (excluding diaryl/α,β-unsaturated/α-hetero) is 1. The highest BCUT2D eigenvalue weighted by atomic mass is 79.9. The number of hydrogen-bond donors (Lipinski definition) is 0. The van der Waals surface area contributed by atoms with Crippen molar-refractivity contribution in [1.82, 2.24) is 4.90 Å². The first-order chi connectivity index (χ1) is 12.0. The lowest BCUT2D eigenvalue weighted by atomic mass is 10.1. The van der Waals surface area contributed by atoms with Gasteiger partial charge in [-0.15, -0.1) is 0 Å². The first-order valence-corrected chi connectivity index (χ1v) is 9.54. The molecule has 1 amide bonds. The predicted molar refractivity (Wildman–Crippen MR) is 96.1 cm³/mol. The van der Waals surface area contributed by atoms with Gasteiger partial charge in [-0.25, -0.2) is 0 Å². The highest BCUT2D eigenvalue weighted by Crippen LogP contribution is 2.30. The highest BCUT2D eigenvalue weighted by Gasteiger charge is 2.40. The van der Waals surface area contributed by atoms with Gasteiger partial charge in [-0.3, -0.25) is 14.4 Å². The van der Waals surface area contributed by atoms with Gasteiger partial charge >= 0.3 is 5.97 Å². The molecule has 2 atom stereocenters. The van der Waals surface area contributed by atoms with E-state index in [0.29, 0.717) is 12.1 Å². The maximum absolute atomic E-state index is 12.4. The van der Waals surface area contributed by atoms with Gasteiger partial charge < -0.3 is 9.64 Å². The summed E-state index contributed by atoms with van der Waals surface area (Å²) in [4.78, 5) is 38.8. The van der Waals surface area contributed by atoms with Gasteiger partial charge in [0.15, 0.2) is 6.10 Å². The summed E-state index contributed by atoms with van der Waals surface area (Å²) >= 11 is 3.32. The minimum Gasteiger partial charge on any atom is -0.454 e. The minimum absolute atomic E-state index is 0.0285. The minimum atomic E-state index is -0.857. The fourth-order valence-corrected chi connectivity index (χ4v) is 3.90. The molecule has 3 rings (SSSR count). The number of benzene rings is 1. The molecular weight excluding hydrogens is 386 g/mol. The summed E-state index contributed by atoms with van der Waals surface area (Å²) in [7, 11) is 0. The monoisotopic (exact) mass is 407 g/mol. The van der Waals surface area contributed by atoms with E-state index < -0.39 is 18.0 Å². The first kappa shape index (κ1) is 18.1. The summed E-state index contributed by atoms with van der Waals surface area (Å²) in [6.07, 6.45) is 3.65. The summed E-state index contributed by atoms with van der Waals surface area (Å²) in [5, 5.41) is 0. The normalized spacial score (nSPS) is 22.2. The molecule has 1 aliphatic heterocycles. The maximum atomic E-state index is 12.4. The molecule has 0 radical (unpaired) electrons. The molecule has 0 unspecified atom stereocenters. The number of esters is 1. The van der Waals surface area contributed by atoms with Crippen LogP contribution in [0.15, 0.2) is 28.7 Å². The Kier molecular flexibility index (Phi) is 5.57. The van der Waals surface area contributed by atoms with E-state index in [4.69, 9.17) is 4.74 Å². The van der Waals surface area contributed by atoms with E-state index in [9.17, 15) is 14.4 Å². The van der Waals surface area contributed by atoms with Gasteiger partial charge in [-0.05, 0) is 31.9 Å². The molecule has 0 bridgehead atoms. The Hall–Kier alpha value is -1.69. The van der Waals surface area contributed by atoms with Crippen molar-refractivity contribution < 1.29 is 19.1 Å². The zero-order valence-corrected chi connectivity index (χ0v) is 15.8. The topological polar surface area (TPSA) is 63.7 Å². The van der Waals surface area contributed by atoms with Crippen LogP contribution in [0.2, 0.25) is 0 Å². The smallest absolute Gasteiger partial charge is 0.311 e. The number of amides is 1. The van der Waals surface area contributed by atoms with Crippen molar-refractivity contribution in [3.05, 3.63) is 34.3 Å². The Morgan fingerprint density at radius 2 is 1.84 bits per heavy atom. The number of carbonyl (C=O) groups is 3. The quantitative estimate of drug-likeness (QED) is 0.554. The summed E-state index contributed by atoms with van der Waals surface area (Å²) in [6, 6.07) is 7.20. The highest BCUT2D eigenvalue weighted by molar-refractivity contribution is 9.10. The fourth-order valence-electron chi connectivity index (χ4n) is 3.63. The van der Waals surface area contributed by atoms with E-state index >= 15 is 0 Å². The Labute approximate surface area is 155 Å². The number of carbonyl (C=O) groups excluding carboxylic acids is 3. The SMILES string of the molecule is C[C@H](OC(=O)[C@@H]1CC(=O)N(C2CCCC2)C1)C(=O)c1ccc(Br)cc1. The lowest BCUT2D eigenvalue weighted by Gasteiger charge is -2.24. The molecule has 2 fully saturated rings. The van der Waals surface area contributed by atoms with Crippen molar-refractivity contribution in [3.63, 3.8) is 0 Å². The number of hydrogen-bond acceptors (Lipinski definition) is 4. The number of halogens is 1. The molecule has 1 aromatic rings. The van der Waals surface area contributed by atoms with Crippen molar-refractivity contribution in [3.8, 4) is 0 Å². The largest absolute Gasteiger partial charge is 0.454 e. The van der Waals surface area contributed by atoms with Crippen molar-refractivity contribution >= 4 is 33.6 Å². The van der Waals surface area contributed by atoms with Crippen LogP contribution < -0.4 is 0 Å². The third kappa shape index (κ3) is 4.11. The van der Waals surface area contributed by atoms with E-state index in [1.54, 1.807) is 31.2 Å². The standard InChI is InChI=1S/C19H22BrNO4/c1-12(18(23)13-6-8-15(20)9-7-13)25-19(24)14-10-17(22)21(11-14)16-4-2-3-5-16/h6-9,12,14,16H,2-5,10-11H2,1H3/t12-,14+/m0/s1. The number of rotatable bonds is 5. The van der Waals surface area contributed by atoms with Crippen molar-refractivity contribution in [2.75, 3.05) is 6.54 Å². The molecular formula is C19H22BrNO4. The first-order valence-electron chi connectivity index (χ1n) is 8.75. The van der Waals surface area contributed by atoms with E-state index in [2.05, 4.69) is 15.9 Å². The molecule has 0 aromatic heterocycles. The van der Waals surface area contributed by atoms with Gasteiger partial charge in [0.1, 0.15) is 0 Å². The van der Waals surface area contributed by atoms with Crippen molar-refractivity contribution in [2.24, 2.45) is 5.92 Å². The number of ether oxygens (including phenoxy) is 1. The predicted octanol–water partition coefficient (Wildman–Crippen LogP) is 3.35. The molecule has 2 aliphatic rings. The van der Waals surface area contributed by atoms with Gasteiger partial charge in [0, 0.05) is 29.0 Å². The summed E-state index contributed by atoms with van der Waals surface area (Å²) < 4.78 is 6.24. The van der Waals surface area contributed by atoms with E-state index in [1.807, 2.05) is 4.90 Å². The molecule has 1 heterocycles. The lowest BCUT2D eigenvalue weighted by Crippen LogP contribution is -2.35. The zero-order chi connectivity index (χ0) is 18.0. The Morgan fingerprint density at radius 3 is 2.48 bits per heavy atom. The molecule has 0 N–H and O–H groups in total. The average molecular weight is 408 g/mol. The third-order valence-electron chi connectivity index (χ3n) is 5.05. The average Bonchev–Trinajstić information content (AvgIpc) is 3.24. The van der Waals surface area contributed by atoms with Crippen molar-refractivity contribution in [2.45, 2.75) is 51.2 Å². The van der Waals surface area contributed by atoms with Crippen LogP contribution in [0.3, 0.4) is 0 Å².